The summed E-state index contributed by atoms with van der Waals surface area (Å²) < 4.78 is 10.9. The number of hydrogen-bond acceptors (Lipinski definition) is 6. The van der Waals surface area contributed by atoms with Crippen molar-refractivity contribution in [2.45, 2.75) is 20.4 Å². The van der Waals surface area contributed by atoms with Gasteiger partial charge in [0.1, 0.15) is 11.4 Å². The maximum Gasteiger partial charge on any atom is 0.346 e. The first kappa shape index (κ1) is 20.8. The van der Waals surface area contributed by atoms with Gasteiger partial charge in [-0.05, 0) is 25.0 Å². The van der Waals surface area contributed by atoms with Crippen LogP contribution >= 0.6 is 0 Å². The molecule has 2 rings (SSSR count). The fraction of sp³-hybridized carbons (Fsp3) is 0.250. The van der Waals surface area contributed by atoms with Crippen LogP contribution in [0.25, 0.3) is 0 Å². The molecular formula is C20H22N2O6. The molecule has 0 radical (unpaired) electrons. The molecule has 0 fully saturated rings. The SMILES string of the molecule is COC(=O)C(=CNc1c(C(=O)O)c(C)c(C)n1Cc1ccccc1)C(=O)OC. The summed E-state index contributed by atoms with van der Waals surface area (Å²) in [6.45, 7) is 3.92. The average molecular weight is 386 g/mol. The number of carboxylic acid groups (broad SMARTS) is 1. The second-order valence-electron chi connectivity index (χ2n) is 6.00. The number of aromatic carboxylic acids is 1. The lowest BCUT2D eigenvalue weighted by Crippen LogP contribution is -2.18. The number of carbonyl (C=O) groups excluding carboxylic acids is 2. The zero-order valence-corrected chi connectivity index (χ0v) is 16.1. The number of rotatable bonds is 7. The van der Waals surface area contributed by atoms with Crippen molar-refractivity contribution in [3.63, 3.8) is 0 Å². The smallest absolute Gasteiger partial charge is 0.346 e. The van der Waals surface area contributed by atoms with Crippen LogP contribution in [0.15, 0.2) is 42.1 Å². The number of nitrogens with zero attached hydrogens (tertiary/aromatic N) is 1. The van der Waals surface area contributed by atoms with Gasteiger partial charge in [-0.2, -0.15) is 0 Å². The summed E-state index contributed by atoms with van der Waals surface area (Å²) in [5.74, 6) is -2.67. The van der Waals surface area contributed by atoms with Gasteiger partial charge >= 0.3 is 17.9 Å². The zero-order valence-electron chi connectivity index (χ0n) is 16.1. The second kappa shape index (κ2) is 8.90. The Morgan fingerprint density at radius 2 is 1.64 bits per heavy atom. The highest BCUT2D eigenvalue weighted by Gasteiger charge is 2.24. The van der Waals surface area contributed by atoms with E-state index in [9.17, 15) is 19.5 Å². The Morgan fingerprint density at radius 3 is 2.14 bits per heavy atom. The van der Waals surface area contributed by atoms with Gasteiger partial charge in [0.05, 0.1) is 14.2 Å². The number of methoxy groups -OCH3 is 2. The van der Waals surface area contributed by atoms with E-state index in [1.807, 2.05) is 30.3 Å². The van der Waals surface area contributed by atoms with E-state index in [0.717, 1.165) is 31.7 Å². The number of esters is 2. The average Bonchev–Trinajstić information content (AvgIpc) is 2.92. The Bertz CT molecular complexity index is 910. The molecule has 1 aromatic heterocycles. The number of carboxylic acids is 1. The minimum atomic E-state index is -1.12. The van der Waals surface area contributed by atoms with Crippen molar-refractivity contribution in [1.29, 1.82) is 0 Å². The lowest BCUT2D eigenvalue weighted by Gasteiger charge is -2.13. The number of ether oxygens (including phenoxy) is 2. The number of hydrogen-bond donors (Lipinski definition) is 2. The molecule has 0 amide bonds. The van der Waals surface area contributed by atoms with Gasteiger partial charge in [-0.1, -0.05) is 30.3 Å². The van der Waals surface area contributed by atoms with Crippen molar-refractivity contribution in [2.24, 2.45) is 0 Å². The first-order valence-corrected chi connectivity index (χ1v) is 8.42. The summed E-state index contributed by atoms with van der Waals surface area (Å²) >= 11 is 0. The van der Waals surface area contributed by atoms with Crippen LogP contribution in [0.3, 0.4) is 0 Å². The first-order chi connectivity index (χ1) is 13.3. The summed E-state index contributed by atoms with van der Waals surface area (Å²) in [6, 6.07) is 9.50. The first-order valence-electron chi connectivity index (χ1n) is 8.42. The number of benzene rings is 1. The summed E-state index contributed by atoms with van der Waals surface area (Å²) in [5, 5.41) is 12.5. The highest BCUT2D eigenvalue weighted by Crippen LogP contribution is 2.28. The van der Waals surface area contributed by atoms with Crippen LogP contribution in [-0.2, 0) is 25.6 Å². The Hall–Kier alpha value is -3.55. The van der Waals surface area contributed by atoms with E-state index in [2.05, 4.69) is 14.8 Å². The summed E-state index contributed by atoms with van der Waals surface area (Å²) in [5.41, 5.74) is 1.96. The molecule has 0 aliphatic carbocycles. The fourth-order valence-corrected chi connectivity index (χ4v) is 2.80. The summed E-state index contributed by atoms with van der Waals surface area (Å²) in [7, 11) is 2.27. The van der Waals surface area contributed by atoms with E-state index in [1.165, 1.54) is 0 Å². The van der Waals surface area contributed by atoms with Crippen molar-refractivity contribution in [2.75, 3.05) is 19.5 Å². The number of anilines is 1. The quantitative estimate of drug-likeness (QED) is 0.326. The topological polar surface area (TPSA) is 107 Å². The van der Waals surface area contributed by atoms with Crippen molar-refractivity contribution in [3.8, 4) is 0 Å². The molecule has 148 valence electrons. The van der Waals surface area contributed by atoms with Crippen LogP contribution in [0.1, 0.15) is 27.2 Å². The number of carbonyl (C=O) groups is 3. The molecule has 0 bridgehead atoms. The predicted molar refractivity (Wildman–Crippen MR) is 102 cm³/mol. The molecule has 8 heteroatoms. The molecule has 1 aromatic carbocycles. The van der Waals surface area contributed by atoms with Gasteiger partial charge in [-0.15, -0.1) is 0 Å². The van der Waals surface area contributed by atoms with E-state index >= 15 is 0 Å². The largest absolute Gasteiger partial charge is 0.478 e. The third kappa shape index (κ3) is 4.22. The highest BCUT2D eigenvalue weighted by molar-refractivity contribution is 6.14. The molecule has 0 aliphatic heterocycles. The van der Waals surface area contributed by atoms with Gasteiger partial charge in [0.15, 0.2) is 5.57 Å². The van der Waals surface area contributed by atoms with Crippen LogP contribution in [0.5, 0.6) is 0 Å². The Morgan fingerprint density at radius 1 is 1.07 bits per heavy atom. The Kier molecular flexibility index (Phi) is 6.59. The third-order valence-corrected chi connectivity index (χ3v) is 4.39. The molecule has 8 nitrogen and oxygen atoms in total. The molecule has 0 spiro atoms. The molecule has 0 aliphatic rings. The van der Waals surface area contributed by atoms with Crippen LogP contribution in [0.4, 0.5) is 5.82 Å². The molecule has 2 N–H and O–H groups in total. The predicted octanol–water partition coefficient (Wildman–Crippen LogP) is 2.49. The van der Waals surface area contributed by atoms with Crippen molar-refractivity contribution < 1.29 is 29.0 Å². The molecule has 1 heterocycles. The molecule has 28 heavy (non-hydrogen) atoms. The van der Waals surface area contributed by atoms with Crippen molar-refractivity contribution >= 4 is 23.7 Å². The maximum atomic E-state index is 11.8. The number of aromatic nitrogens is 1. The van der Waals surface area contributed by atoms with Crippen molar-refractivity contribution in [3.05, 3.63) is 64.5 Å². The molecular weight excluding hydrogens is 364 g/mol. The van der Waals surface area contributed by atoms with Gasteiger partial charge in [-0.3, -0.25) is 0 Å². The van der Waals surface area contributed by atoms with Crippen molar-refractivity contribution in [1.82, 2.24) is 4.57 Å². The molecule has 2 aromatic rings. The van der Waals surface area contributed by atoms with Gasteiger partial charge in [-0.25, -0.2) is 14.4 Å². The molecule has 0 saturated heterocycles. The van der Waals surface area contributed by atoms with Crippen LogP contribution in [-0.4, -0.2) is 41.8 Å². The van der Waals surface area contributed by atoms with E-state index in [-0.39, 0.29) is 17.0 Å². The Labute approximate surface area is 162 Å². The van der Waals surface area contributed by atoms with E-state index < -0.39 is 17.9 Å². The van der Waals surface area contributed by atoms with E-state index in [0.29, 0.717) is 12.1 Å². The van der Waals surface area contributed by atoms with Gasteiger partial charge < -0.3 is 24.5 Å². The fourth-order valence-electron chi connectivity index (χ4n) is 2.80. The minimum absolute atomic E-state index is 0.0544. The lowest BCUT2D eigenvalue weighted by molar-refractivity contribution is -0.144. The second-order valence-corrected chi connectivity index (χ2v) is 6.00. The normalized spacial score (nSPS) is 10.1. The van der Waals surface area contributed by atoms with Gasteiger partial charge in [0.2, 0.25) is 0 Å². The zero-order chi connectivity index (χ0) is 20.8. The van der Waals surface area contributed by atoms with Crippen LogP contribution < -0.4 is 5.32 Å². The molecule has 0 atom stereocenters. The standard InChI is InChI=1S/C20H22N2O6/c1-12-13(2)22(11-14-8-6-5-7-9-14)17(16(12)18(23)24)21-10-15(19(25)27-3)20(26)28-4/h5-10,21H,11H2,1-4H3,(H,23,24). The van der Waals surface area contributed by atoms with Gasteiger partial charge in [0.25, 0.3) is 0 Å². The Balaban J connectivity index is 2.55. The highest BCUT2D eigenvalue weighted by atomic mass is 16.5. The maximum absolute atomic E-state index is 11.8. The number of nitrogens with one attached hydrogen (secondary N) is 1. The summed E-state index contributed by atoms with van der Waals surface area (Å²) in [4.78, 5) is 35.5. The molecule has 0 unspecified atom stereocenters. The van der Waals surface area contributed by atoms with E-state index in [1.54, 1.807) is 18.4 Å². The van der Waals surface area contributed by atoms with Crippen LogP contribution in [0.2, 0.25) is 0 Å². The monoisotopic (exact) mass is 386 g/mol. The summed E-state index contributed by atoms with van der Waals surface area (Å²) in [6.07, 6.45) is 1.10. The minimum Gasteiger partial charge on any atom is -0.478 e. The lowest BCUT2D eigenvalue weighted by atomic mass is 10.1. The van der Waals surface area contributed by atoms with Crippen LogP contribution in [0, 0.1) is 13.8 Å². The third-order valence-electron chi connectivity index (χ3n) is 4.39. The molecule has 0 saturated carbocycles. The van der Waals surface area contributed by atoms with Gasteiger partial charge in [0, 0.05) is 18.4 Å². The van der Waals surface area contributed by atoms with E-state index in [4.69, 9.17) is 0 Å².